The summed E-state index contributed by atoms with van der Waals surface area (Å²) in [6, 6.07) is 10.3. The van der Waals surface area contributed by atoms with Gasteiger partial charge in [0.05, 0.1) is 6.61 Å². The minimum atomic E-state index is 0.130. The van der Waals surface area contributed by atoms with Gasteiger partial charge in [-0.2, -0.15) is 0 Å². The van der Waals surface area contributed by atoms with E-state index in [0.717, 1.165) is 45.0 Å². The molecular formula is C18H28N2O2. The van der Waals surface area contributed by atoms with Crippen molar-refractivity contribution in [2.75, 3.05) is 37.7 Å². The molecule has 0 aromatic heterocycles. The largest absolute Gasteiger partial charge is 0.380 e. The van der Waals surface area contributed by atoms with Gasteiger partial charge in [-0.15, -0.1) is 0 Å². The second kappa shape index (κ2) is 8.30. The summed E-state index contributed by atoms with van der Waals surface area (Å²) in [7, 11) is 0. The summed E-state index contributed by atoms with van der Waals surface area (Å²) < 4.78 is 5.45. The van der Waals surface area contributed by atoms with Crippen molar-refractivity contribution in [1.82, 2.24) is 4.90 Å². The number of piperidine rings is 1. The first kappa shape index (κ1) is 17.0. The molecule has 1 aliphatic rings. The summed E-state index contributed by atoms with van der Waals surface area (Å²) in [6.07, 6.45) is 1.02. The number of likely N-dealkylation sites (tertiary alicyclic amines) is 1. The van der Waals surface area contributed by atoms with Crippen LogP contribution in [-0.4, -0.2) is 49.7 Å². The van der Waals surface area contributed by atoms with E-state index in [4.69, 9.17) is 4.74 Å². The highest BCUT2D eigenvalue weighted by molar-refractivity contribution is 5.92. The Balaban J connectivity index is 2.01. The summed E-state index contributed by atoms with van der Waals surface area (Å²) in [6.45, 7) is 10.5. The van der Waals surface area contributed by atoms with Crippen molar-refractivity contribution in [2.45, 2.75) is 33.2 Å². The van der Waals surface area contributed by atoms with Crippen LogP contribution < -0.4 is 4.90 Å². The average Bonchev–Trinajstić information content (AvgIpc) is 2.51. The molecule has 22 heavy (non-hydrogen) atoms. The highest BCUT2D eigenvalue weighted by atomic mass is 16.5. The van der Waals surface area contributed by atoms with Crippen LogP contribution in [0.4, 0.5) is 5.69 Å². The van der Waals surface area contributed by atoms with E-state index < -0.39 is 0 Å². The molecule has 0 bridgehead atoms. The van der Waals surface area contributed by atoms with Crippen LogP contribution in [0.15, 0.2) is 30.3 Å². The van der Waals surface area contributed by atoms with Crippen LogP contribution in [0.5, 0.6) is 0 Å². The summed E-state index contributed by atoms with van der Waals surface area (Å²) in [5.41, 5.74) is 1.01. The predicted octanol–water partition coefficient (Wildman–Crippen LogP) is 2.79. The molecule has 0 aliphatic carbocycles. The van der Waals surface area contributed by atoms with Gasteiger partial charge in [-0.3, -0.25) is 4.79 Å². The van der Waals surface area contributed by atoms with Gasteiger partial charge in [0.15, 0.2) is 0 Å². The lowest BCUT2D eigenvalue weighted by atomic mass is 9.91. The third-order valence-electron chi connectivity index (χ3n) is 4.41. The van der Waals surface area contributed by atoms with E-state index in [1.54, 1.807) is 6.92 Å². The molecule has 1 aliphatic heterocycles. The van der Waals surface area contributed by atoms with Crippen LogP contribution in [0.1, 0.15) is 27.2 Å². The number of hydrogen-bond acceptors (Lipinski definition) is 3. The Kier molecular flexibility index (Phi) is 6.40. The Morgan fingerprint density at radius 1 is 1.36 bits per heavy atom. The normalized spacial score (nSPS) is 22.5. The Bertz CT molecular complexity index is 463. The molecule has 2 rings (SSSR count). The first-order valence-corrected chi connectivity index (χ1v) is 8.28. The van der Waals surface area contributed by atoms with Crippen LogP contribution in [0.25, 0.3) is 0 Å². The maximum Gasteiger partial charge on any atom is 0.224 e. The number of ether oxygens (including phenoxy) is 1. The summed E-state index contributed by atoms with van der Waals surface area (Å²) >= 11 is 0. The Hall–Kier alpha value is -1.39. The van der Waals surface area contributed by atoms with Gasteiger partial charge in [-0.25, -0.2) is 0 Å². The van der Waals surface area contributed by atoms with Gasteiger partial charge in [0.2, 0.25) is 5.91 Å². The smallest absolute Gasteiger partial charge is 0.224 e. The fraction of sp³-hybridized carbons (Fsp3) is 0.611. The van der Waals surface area contributed by atoms with Gasteiger partial charge in [-0.1, -0.05) is 25.1 Å². The van der Waals surface area contributed by atoms with Crippen molar-refractivity contribution in [2.24, 2.45) is 5.92 Å². The molecule has 0 spiro atoms. The zero-order chi connectivity index (χ0) is 15.9. The van der Waals surface area contributed by atoms with E-state index in [2.05, 4.69) is 11.8 Å². The van der Waals surface area contributed by atoms with Gasteiger partial charge in [0.1, 0.15) is 0 Å². The number of carbonyl (C=O) groups is 1. The number of para-hydroxylation sites is 1. The standard InChI is InChI=1S/C18H28N2O2/c1-4-22-13-12-19-11-10-18(15(2)14-19)20(16(3)21)17-8-6-5-7-9-17/h5-9,15,18H,4,10-14H2,1-3H3/t15-,18-/m1/s1. The molecule has 0 radical (unpaired) electrons. The molecule has 4 heteroatoms. The Morgan fingerprint density at radius 3 is 2.68 bits per heavy atom. The molecule has 4 nitrogen and oxygen atoms in total. The SMILES string of the molecule is CCOCCN1CC[C@@H](N(C(C)=O)c2ccccc2)[C@H](C)C1. The van der Waals surface area contributed by atoms with E-state index in [1.165, 1.54) is 0 Å². The molecule has 0 N–H and O–H groups in total. The lowest BCUT2D eigenvalue weighted by Crippen LogP contribution is -2.52. The highest BCUT2D eigenvalue weighted by Crippen LogP contribution is 2.27. The molecule has 0 unspecified atom stereocenters. The molecule has 1 aromatic rings. The number of benzene rings is 1. The van der Waals surface area contributed by atoms with E-state index in [1.807, 2.05) is 42.2 Å². The minimum Gasteiger partial charge on any atom is -0.380 e. The van der Waals surface area contributed by atoms with Gasteiger partial charge in [0.25, 0.3) is 0 Å². The van der Waals surface area contributed by atoms with Crippen LogP contribution >= 0.6 is 0 Å². The van der Waals surface area contributed by atoms with Gasteiger partial charge in [-0.05, 0) is 31.4 Å². The van der Waals surface area contributed by atoms with Gasteiger partial charge in [0, 0.05) is 44.9 Å². The minimum absolute atomic E-state index is 0.130. The van der Waals surface area contributed by atoms with Crippen molar-refractivity contribution in [3.8, 4) is 0 Å². The first-order valence-electron chi connectivity index (χ1n) is 8.28. The lowest BCUT2D eigenvalue weighted by Gasteiger charge is -2.42. The molecule has 122 valence electrons. The monoisotopic (exact) mass is 304 g/mol. The lowest BCUT2D eigenvalue weighted by molar-refractivity contribution is -0.117. The Morgan fingerprint density at radius 2 is 2.09 bits per heavy atom. The third kappa shape index (κ3) is 4.31. The van der Waals surface area contributed by atoms with Crippen molar-refractivity contribution in [1.29, 1.82) is 0 Å². The van der Waals surface area contributed by atoms with Crippen LogP contribution in [0, 0.1) is 5.92 Å². The Labute approximate surface area is 134 Å². The number of hydrogen-bond donors (Lipinski definition) is 0. The number of amides is 1. The predicted molar refractivity (Wildman–Crippen MR) is 90.1 cm³/mol. The molecule has 1 heterocycles. The number of nitrogens with zero attached hydrogens (tertiary/aromatic N) is 2. The van der Waals surface area contributed by atoms with Crippen molar-refractivity contribution < 1.29 is 9.53 Å². The maximum atomic E-state index is 12.2. The second-order valence-electron chi connectivity index (χ2n) is 6.06. The van der Waals surface area contributed by atoms with E-state index in [9.17, 15) is 4.79 Å². The van der Waals surface area contributed by atoms with Crippen molar-refractivity contribution in [3.05, 3.63) is 30.3 Å². The molecule has 1 amide bonds. The van der Waals surface area contributed by atoms with Crippen LogP contribution in [0.3, 0.4) is 0 Å². The fourth-order valence-corrected chi connectivity index (χ4v) is 3.34. The molecular weight excluding hydrogens is 276 g/mol. The van der Waals surface area contributed by atoms with Crippen LogP contribution in [-0.2, 0) is 9.53 Å². The first-order chi connectivity index (χ1) is 10.6. The van der Waals surface area contributed by atoms with E-state index in [-0.39, 0.29) is 11.9 Å². The summed E-state index contributed by atoms with van der Waals surface area (Å²) in [4.78, 5) is 16.6. The number of carbonyl (C=O) groups excluding carboxylic acids is 1. The molecule has 1 saturated heterocycles. The van der Waals surface area contributed by atoms with E-state index in [0.29, 0.717) is 5.92 Å². The summed E-state index contributed by atoms with van der Waals surface area (Å²) in [5, 5.41) is 0. The number of rotatable bonds is 6. The van der Waals surface area contributed by atoms with Crippen LogP contribution in [0.2, 0.25) is 0 Å². The molecule has 1 aromatic carbocycles. The zero-order valence-electron chi connectivity index (χ0n) is 14.0. The van der Waals surface area contributed by atoms with Crippen molar-refractivity contribution >= 4 is 11.6 Å². The van der Waals surface area contributed by atoms with E-state index >= 15 is 0 Å². The highest BCUT2D eigenvalue weighted by Gasteiger charge is 2.32. The molecule has 0 saturated carbocycles. The quantitative estimate of drug-likeness (QED) is 0.758. The van der Waals surface area contributed by atoms with Crippen molar-refractivity contribution in [3.63, 3.8) is 0 Å². The summed E-state index contributed by atoms with van der Waals surface area (Å²) in [5.74, 6) is 0.588. The average molecular weight is 304 g/mol. The fourth-order valence-electron chi connectivity index (χ4n) is 3.34. The molecule has 2 atom stereocenters. The zero-order valence-corrected chi connectivity index (χ0v) is 14.0. The number of anilines is 1. The van der Waals surface area contributed by atoms with Gasteiger partial charge < -0.3 is 14.5 Å². The maximum absolute atomic E-state index is 12.2. The third-order valence-corrected chi connectivity index (χ3v) is 4.41. The topological polar surface area (TPSA) is 32.8 Å². The van der Waals surface area contributed by atoms with Gasteiger partial charge >= 0.3 is 0 Å². The second-order valence-corrected chi connectivity index (χ2v) is 6.06. The molecule has 1 fully saturated rings.